The van der Waals surface area contributed by atoms with E-state index in [0.29, 0.717) is 5.69 Å². The van der Waals surface area contributed by atoms with Crippen molar-refractivity contribution in [1.82, 2.24) is 20.2 Å². The zero-order valence-electron chi connectivity index (χ0n) is 10.1. The predicted octanol–water partition coefficient (Wildman–Crippen LogP) is 0.738. The Labute approximate surface area is 110 Å². The van der Waals surface area contributed by atoms with Gasteiger partial charge in [-0.1, -0.05) is 30.2 Å². The van der Waals surface area contributed by atoms with Gasteiger partial charge in [-0.25, -0.2) is 8.42 Å². The summed E-state index contributed by atoms with van der Waals surface area (Å²) in [5, 5.41) is 18.1. The van der Waals surface area contributed by atoms with E-state index in [4.69, 9.17) is 5.26 Å². The summed E-state index contributed by atoms with van der Waals surface area (Å²) < 4.78 is 25.6. The van der Waals surface area contributed by atoms with Crippen LogP contribution in [0.3, 0.4) is 0 Å². The molecule has 2 rings (SSSR count). The Morgan fingerprint density at radius 2 is 2.05 bits per heavy atom. The number of tetrazole rings is 1. The SMILES string of the molecule is CCC(C#N)S(=O)(=O)c1nnnn1-c1ccccc1. The van der Waals surface area contributed by atoms with Crippen molar-refractivity contribution in [3.05, 3.63) is 30.3 Å². The monoisotopic (exact) mass is 277 g/mol. The molecule has 0 bridgehead atoms. The summed E-state index contributed by atoms with van der Waals surface area (Å²) in [5.74, 6) is 0. The molecule has 1 aromatic carbocycles. The number of rotatable bonds is 4. The van der Waals surface area contributed by atoms with Crippen LogP contribution in [-0.4, -0.2) is 33.9 Å². The van der Waals surface area contributed by atoms with Crippen LogP contribution in [0.5, 0.6) is 0 Å². The van der Waals surface area contributed by atoms with Gasteiger partial charge in [-0.2, -0.15) is 9.94 Å². The fourth-order valence-electron chi connectivity index (χ4n) is 1.59. The van der Waals surface area contributed by atoms with Gasteiger partial charge in [0.2, 0.25) is 9.84 Å². The van der Waals surface area contributed by atoms with Crippen LogP contribution in [0, 0.1) is 11.3 Å². The van der Waals surface area contributed by atoms with Gasteiger partial charge in [0.15, 0.2) is 5.25 Å². The lowest BCUT2D eigenvalue weighted by molar-refractivity contribution is 0.571. The summed E-state index contributed by atoms with van der Waals surface area (Å²) in [7, 11) is -3.87. The normalized spacial score (nSPS) is 12.8. The van der Waals surface area contributed by atoms with Gasteiger partial charge in [0, 0.05) is 0 Å². The maximum Gasteiger partial charge on any atom is 0.273 e. The Morgan fingerprint density at radius 3 is 2.63 bits per heavy atom. The second-order valence-corrected chi connectivity index (χ2v) is 5.80. The highest BCUT2D eigenvalue weighted by atomic mass is 32.2. The molecule has 98 valence electrons. The molecule has 7 nitrogen and oxygen atoms in total. The van der Waals surface area contributed by atoms with Crippen molar-refractivity contribution in [3.8, 4) is 11.8 Å². The number of nitriles is 1. The Balaban J connectivity index is 2.56. The second-order valence-electron chi connectivity index (χ2n) is 3.78. The average Bonchev–Trinajstić information content (AvgIpc) is 2.91. The molecule has 0 aliphatic carbocycles. The number of sulfone groups is 1. The molecule has 0 aliphatic rings. The van der Waals surface area contributed by atoms with E-state index in [9.17, 15) is 8.42 Å². The second kappa shape index (κ2) is 5.16. The number of para-hydroxylation sites is 1. The van der Waals surface area contributed by atoms with Gasteiger partial charge in [0.05, 0.1) is 11.8 Å². The van der Waals surface area contributed by atoms with E-state index >= 15 is 0 Å². The standard InChI is InChI=1S/C11H11N5O2S/c1-2-10(8-12)19(17,18)11-13-14-15-16(11)9-6-4-3-5-7-9/h3-7,10H,2H2,1H3. The van der Waals surface area contributed by atoms with Crippen molar-refractivity contribution in [1.29, 1.82) is 5.26 Å². The largest absolute Gasteiger partial charge is 0.273 e. The van der Waals surface area contributed by atoms with Gasteiger partial charge in [0.1, 0.15) is 0 Å². The lowest BCUT2D eigenvalue weighted by Gasteiger charge is -2.08. The van der Waals surface area contributed by atoms with Crippen molar-refractivity contribution >= 4 is 9.84 Å². The quantitative estimate of drug-likeness (QED) is 0.816. The molecule has 1 heterocycles. The number of benzene rings is 1. The number of hydrogen-bond donors (Lipinski definition) is 0. The molecule has 0 fully saturated rings. The molecule has 19 heavy (non-hydrogen) atoms. The molecule has 1 atom stereocenters. The Hall–Kier alpha value is -2.27. The Bertz CT molecular complexity index is 702. The fourth-order valence-corrected chi connectivity index (χ4v) is 2.96. The molecule has 0 saturated carbocycles. The molecule has 1 aromatic heterocycles. The number of aromatic nitrogens is 4. The summed E-state index contributed by atoms with van der Waals surface area (Å²) in [5.41, 5.74) is 0.527. The third kappa shape index (κ3) is 2.32. The first-order chi connectivity index (χ1) is 9.11. The van der Waals surface area contributed by atoms with Gasteiger partial charge in [-0.3, -0.25) is 0 Å². The first-order valence-electron chi connectivity index (χ1n) is 5.58. The minimum atomic E-state index is -3.87. The van der Waals surface area contributed by atoms with Gasteiger partial charge >= 0.3 is 0 Å². The molecule has 0 aliphatic heterocycles. The highest BCUT2D eigenvalue weighted by Crippen LogP contribution is 2.17. The van der Waals surface area contributed by atoms with Gasteiger partial charge in [0.25, 0.3) is 5.16 Å². The lowest BCUT2D eigenvalue weighted by Crippen LogP contribution is -2.22. The van der Waals surface area contributed by atoms with E-state index in [-0.39, 0.29) is 11.6 Å². The van der Waals surface area contributed by atoms with Gasteiger partial charge in [-0.05, 0) is 29.0 Å². The molecule has 0 N–H and O–H groups in total. The van der Waals surface area contributed by atoms with E-state index < -0.39 is 15.1 Å². The van der Waals surface area contributed by atoms with E-state index in [1.165, 1.54) is 0 Å². The topological polar surface area (TPSA) is 102 Å². The van der Waals surface area contributed by atoms with Gasteiger partial charge < -0.3 is 0 Å². The highest BCUT2D eigenvalue weighted by Gasteiger charge is 2.32. The maximum absolute atomic E-state index is 12.3. The third-order valence-electron chi connectivity index (χ3n) is 2.59. The zero-order valence-corrected chi connectivity index (χ0v) is 10.9. The summed E-state index contributed by atoms with van der Waals surface area (Å²) in [6.45, 7) is 1.63. The van der Waals surface area contributed by atoms with Crippen molar-refractivity contribution in [2.75, 3.05) is 0 Å². The molecular weight excluding hydrogens is 266 g/mol. The van der Waals surface area contributed by atoms with Crippen molar-refractivity contribution in [2.45, 2.75) is 23.8 Å². The third-order valence-corrected chi connectivity index (χ3v) is 4.54. The van der Waals surface area contributed by atoms with Crippen molar-refractivity contribution in [3.63, 3.8) is 0 Å². The highest BCUT2D eigenvalue weighted by molar-refractivity contribution is 7.92. The molecule has 8 heteroatoms. The number of hydrogen-bond acceptors (Lipinski definition) is 6. The predicted molar refractivity (Wildman–Crippen MR) is 66.0 cm³/mol. The molecule has 0 spiro atoms. The maximum atomic E-state index is 12.3. The van der Waals surface area contributed by atoms with E-state index in [1.54, 1.807) is 43.3 Å². The van der Waals surface area contributed by atoms with E-state index in [2.05, 4.69) is 15.5 Å². The average molecular weight is 277 g/mol. The zero-order chi connectivity index (χ0) is 13.9. The summed E-state index contributed by atoms with van der Waals surface area (Å²) in [6, 6.07) is 10.4. The van der Waals surface area contributed by atoms with Crippen LogP contribution >= 0.6 is 0 Å². The summed E-state index contributed by atoms with van der Waals surface area (Å²) in [6.07, 6.45) is 0.181. The summed E-state index contributed by atoms with van der Waals surface area (Å²) in [4.78, 5) is 0. The lowest BCUT2D eigenvalue weighted by atomic mass is 10.3. The number of nitrogens with zero attached hydrogens (tertiary/aromatic N) is 5. The Kier molecular flexibility index (Phi) is 3.57. The molecule has 0 radical (unpaired) electrons. The summed E-state index contributed by atoms with van der Waals surface area (Å²) >= 11 is 0. The van der Waals surface area contributed by atoms with Crippen LogP contribution < -0.4 is 0 Å². The van der Waals surface area contributed by atoms with E-state index in [0.717, 1.165) is 4.68 Å². The first kappa shape index (κ1) is 13.2. The minimum Gasteiger partial charge on any atom is -0.219 e. The smallest absolute Gasteiger partial charge is 0.219 e. The van der Waals surface area contributed by atoms with E-state index in [1.807, 2.05) is 0 Å². The first-order valence-corrected chi connectivity index (χ1v) is 7.13. The van der Waals surface area contributed by atoms with Crippen molar-refractivity contribution in [2.24, 2.45) is 0 Å². The van der Waals surface area contributed by atoms with Crippen LogP contribution in [0.4, 0.5) is 0 Å². The van der Waals surface area contributed by atoms with Crippen LogP contribution in [0.25, 0.3) is 5.69 Å². The molecule has 0 amide bonds. The molecule has 2 aromatic rings. The molecular formula is C11H11N5O2S. The molecule has 0 saturated heterocycles. The van der Waals surface area contributed by atoms with Crippen molar-refractivity contribution < 1.29 is 8.42 Å². The Morgan fingerprint density at radius 1 is 1.37 bits per heavy atom. The van der Waals surface area contributed by atoms with Crippen LogP contribution in [0.15, 0.2) is 35.5 Å². The van der Waals surface area contributed by atoms with Crippen LogP contribution in [0.1, 0.15) is 13.3 Å². The molecule has 1 unspecified atom stereocenters. The fraction of sp³-hybridized carbons (Fsp3) is 0.273. The van der Waals surface area contributed by atoms with Crippen LogP contribution in [0.2, 0.25) is 0 Å². The van der Waals surface area contributed by atoms with Crippen LogP contribution in [-0.2, 0) is 9.84 Å². The van der Waals surface area contributed by atoms with Gasteiger partial charge in [-0.15, -0.1) is 0 Å². The minimum absolute atomic E-state index is 0.181.